The summed E-state index contributed by atoms with van der Waals surface area (Å²) in [5.41, 5.74) is 6.84. The molecule has 1 heterocycles. The van der Waals surface area contributed by atoms with Crippen LogP contribution < -0.4 is 5.73 Å². The van der Waals surface area contributed by atoms with Gasteiger partial charge in [-0.3, -0.25) is 4.79 Å². The average Bonchev–Trinajstić information content (AvgIpc) is 2.90. The van der Waals surface area contributed by atoms with Crippen LogP contribution in [-0.2, 0) is 6.42 Å². The number of carbonyl (C=O) groups is 1. The summed E-state index contributed by atoms with van der Waals surface area (Å²) in [5, 5.41) is 0.907. The van der Waals surface area contributed by atoms with Gasteiger partial charge >= 0.3 is 0 Å². The molecule has 0 aliphatic carbocycles. The van der Waals surface area contributed by atoms with Crippen molar-refractivity contribution >= 4 is 29.7 Å². The van der Waals surface area contributed by atoms with Crippen LogP contribution in [0.2, 0.25) is 0 Å². The van der Waals surface area contributed by atoms with Crippen LogP contribution in [0.15, 0.2) is 36.5 Å². The largest absolute Gasteiger partial charge is 0.336 e. The minimum Gasteiger partial charge on any atom is -0.336 e. The molecule has 0 radical (unpaired) electrons. The number of amides is 1. The highest BCUT2D eigenvalue weighted by atomic mass is 35.5. The number of rotatable bonds is 6. The Balaban J connectivity index is 0.00000220. The number of aromatic nitrogens is 1. The number of thiazole rings is 1. The normalized spacial score (nSPS) is 10.0. The van der Waals surface area contributed by atoms with E-state index in [4.69, 9.17) is 5.73 Å². The van der Waals surface area contributed by atoms with Gasteiger partial charge in [0.05, 0.1) is 11.2 Å². The second-order valence-corrected chi connectivity index (χ2v) is 5.79. The number of hydrogen-bond acceptors (Lipinski definition) is 4. The molecule has 0 unspecified atom stereocenters. The topological polar surface area (TPSA) is 59.2 Å². The lowest BCUT2D eigenvalue weighted by Gasteiger charge is -2.21. The first-order valence-electron chi connectivity index (χ1n) is 6.66. The van der Waals surface area contributed by atoms with Crippen molar-refractivity contribution in [2.24, 2.45) is 5.73 Å². The molecule has 0 fully saturated rings. The molecule has 2 aromatic rings. The van der Waals surface area contributed by atoms with Crippen molar-refractivity contribution in [1.82, 2.24) is 9.88 Å². The van der Waals surface area contributed by atoms with E-state index in [2.05, 4.69) is 17.1 Å². The van der Waals surface area contributed by atoms with Crippen molar-refractivity contribution in [1.29, 1.82) is 0 Å². The maximum Gasteiger partial charge on any atom is 0.265 e. The quantitative estimate of drug-likeness (QED) is 0.887. The van der Waals surface area contributed by atoms with E-state index in [0.29, 0.717) is 24.5 Å². The number of nitrogens with zero attached hydrogens (tertiary/aromatic N) is 2. The molecule has 1 aromatic heterocycles. The summed E-state index contributed by atoms with van der Waals surface area (Å²) in [5.74, 6) is 0.0250. The Bertz CT molecular complexity index is 559. The van der Waals surface area contributed by atoms with Gasteiger partial charge in [-0.15, -0.1) is 23.7 Å². The summed E-state index contributed by atoms with van der Waals surface area (Å²) >= 11 is 1.43. The molecular formula is C15H20ClN3OS. The van der Waals surface area contributed by atoms with Gasteiger partial charge in [-0.25, -0.2) is 4.98 Å². The molecule has 6 heteroatoms. The molecule has 0 atom stereocenters. The number of halogens is 1. The van der Waals surface area contributed by atoms with Crippen molar-refractivity contribution in [3.05, 3.63) is 52.0 Å². The molecule has 0 aliphatic heterocycles. The van der Waals surface area contributed by atoms with Crippen molar-refractivity contribution in [3.8, 4) is 0 Å². The zero-order chi connectivity index (χ0) is 14.4. The van der Waals surface area contributed by atoms with Crippen molar-refractivity contribution in [2.45, 2.75) is 13.3 Å². The molecule has 4 nitrogen and oxygen atoms in total. The highest BCUT2D eigenvalue weighted by Crippen LogP contribution is 2.14. The van der Waals surface area contributed by atoms with Crippen molar-refractivity contribution in [3.63, 3.8) is 0 Å². The van der Waals surface area contributed by atoms with Gasteiger partial charge in [0.1, 0.15) is 4.88 Å². The Labute approximate surface area is 135 Å². The van der Waals surface area contributed by atoms with Crippen molar-refractivity contribution in [2.75, 3.05) is 19.6 Å². The van der Waals surface area contributed by atoms with E-state index in [1.165, 1.54) is 16.9 Å². The van der Waals surface area contributed by atoms with E-state index in [1.54, 1.807) is 11.1 Å². The Morgan fingerprint density at radius 1 is 1.29 bits per heavy atom. The van der Waals surface area contributed by atoms with Crippen molar-refractivity contribution < 1.29 is 4.79 Å². The third kappa shape index (κ3) is 5.12. The highest BCUT2D eigenvalue weighted by molar-refractivity contribution is 7.13. The minimum atomic E-state index is 0. The molecule has 0 aliphatic rings. The third-order valence-electron chi connectivity index (χ3n) is 3.03. The van der Waals surface area contributed by atoms with Gasteiger partial charge in [0, 0.05) is 19.6 Å². The first-order valence-corrected chi connectivity index (χ1v) is 7.48. The standard InChI is InChI=1S/C15H19N3OS.ClH/c1-12-17-11-14(20-12)15(19)18(10-8-16)9-7-13-5-3-2-4-6-13;/h2-6,11H,7-10,16H2,1H3;1H. The molecule has 0 bridgehead atoms. The lowest BCUT2D eigenvalue weighted by molar-refractivity contribution is 0.0766. The predicted molar refractivity (Wildman–Crippen MR) is 89.2 cm³/mol. The van der Waals surface area contributed by atoms with E-state index in [0.717, 1.165) is 11.4 Å². The average molecular weight is 326 g/mol. The molecule has 1 aromatic carbocycles. The zero-order valence-electron chi connectivity index (χ0n) is 12.0. The molecule has 0 spiro atoms. The number of aryl methyl sites for hydroxylation is 1. The summed E-state index contributed by atoms with van der Waals surface area (Å²) in [6, 6.07) is 10.2. The summed E-state index contributed by atoms with van der Waals surface area (Å²) in [4.78, 5) is 19.0. The fraction of sp³-hybridized carbons (Fsp3) is 0.333. The van der Waals surface area contributed by atoms with Gasteiger partial charge in [-0.1, -0.05) is 30.3 Å². The molecule has 0 saturated heterocycles. The smallest absolute Gasteiger partial charge is 0.265 e. The van der Waals surface area contributed by atoms with Crippen LogP contribution in [0.5, 0.6) is 0 Å². The summed E-state index contributed by atoms with van der Waals surface area (Å²) in [6.45, 7) is 3.62. The van der Waals surface area contributed by atoms with E-state index in [1.807, 2.05) is 25.1 Å². The Hall–Kier alpha value is -1.43. The fourth-order valence-electron chi connectivity index (χ4n) is 2.00. The molecular weight excluding hydrogens is 306 g/mol. The van der Waals surface area contributed by atoms with Crippen LogP contribution in [0.4, 0.5) is 0 Å². The number of hydrogen-bond donors (Lipinski definition) is 1. The Morgan fingerprint density at radius 2 is 2.00 bits per heavy atom. The van der Waals surface area contributed by atoms with Crippen LogP contribution in [-0.4, -0.2) is 35.4 Å². The predicted octanol–water partition coefficient (Wildman–Crippen LogP) is 2.52. The zero-order valence-corrected chi connectivity index (χ0v) is 13.6. The monoisotopic (exact) mass is 325 g/mol. The van der Waals surface area contributed by atoms with E-state index in [-0.39, 0.29) is 18.3 Å². The number of benzene rings is 1. The van der Waals surface area contributed by atoms with Crippen LogP contribution in [0.25, 0.3) is 0 Å². The Morgan fingerprint density at radius 3 is 2.57 bits per heavy atom. The lowest BCUT2D eigenvalue weighted by Crippen LogP contribution is -2.36. The number of nitrogens with two attached hydrogens (primary N) is 1. The van der Waals surface area contributed by atoms with Gasteiger partial charge in [0.2, 0.25) is 0 Å². The SMILES string of the molecule is Cc1ncc(C(=O)N(CCN)CCc2ccccc2)s1.Cl. The lowest BCUT2D eigenvalue weighted by atomic mass is 10.1. The second-order valence-electron chi connectivity index (χ2n) is 4.56. The van der Waals surface area contributed by atoms with Gasteiger partial charge in [-0.2, -0.15) is 0 Å². The second kappa shape index (κ2) is 8.77. The van der Waals surface area contributed by atoms with Crippen LogP contribution in [0.3, 0.4) is 0 Å². The Kier molecular flexibility index (Phi) is 7.36. The molecule has 1 amide bonds. The van der Waals surface area contributed by atoms with Crippen LogP contribution in [0, 0.1) is 6.92 Å². The summed E-state index contributed by atoms with van der Waals surface area (Å²) < 4.78 is 0. The van der Waals surface area contributed by atoms with Gasteiger partial charge < -0.3 is 10.6 Å². The maximum absolute atomic E-state index is 12.4. The van der Waals surface area contributed by atoms with E-state index < -0.39 is 0 Å². The fourth-order valence-corrected chi connectivity index (χ4v) is 2.74. The number of carbonyl (C=O) groups excluding carboxylic acids is 1. The van der Waals surface area contributed by atoms with Gasteiger partial charge in [0.25, 0.3) is 5.91 Å². The summed E-state index contributed by atoms with van der Waals surface area (Å²) in [7, 11) is 0. The molecule has 21 heavy (non-hydrogen) atoms. The van der Waals surface area contributed by atoms with Gasteiger partial charge in [-0.05, 0) is 18.9 Å². The van der Waals surface area contributed by atoms with Crippen LogP contribution in [0.1, 0.15) is 20.2 Å². The van der Waals surface area contributed by atoms with E-state index >= 15 is 0 Å². The molecule has 2 rings (SSSR count). The van der Waals surface area contributed by atoms with Gasteiger partial charge in [0.15, 0.2) is 0 Å². The first-order chi connectivity index (χ1) is 9.70. The first kappa shape index (κ1) is 17.6. The van der Waals surface area contributed by atoms with E-state index in [9.17, 15) is 4.79 Å². The third-order valence-corrected chi connectivity index (χ3v) is 3.93. The van der Waals surface area contributed by atoms with Crippen LogP contribution >= 0.6 is 23.7 Å². The minimum absolute atomic E-state index is 0. The molecule has 114 valence electrons. The molecule has 0 saturated carbocycles. The summed E-state index contributed by atoms with van der Waals surface area (Å²) in [6.07, 6.45) is 2.48. The maximum atomic E-state index is 12.4. The molecule has 2 N–H and O–H groups in total. The highest BCUT2D eigenvalue weighted by Gasteiger charge is 2.17.